The molecule has 1 heterocycles. The fraction of sp³-hybridized carbons (Fsp3) is 0.235. The van der Waals surface area contributed by atoms with Gasteiger partial charge in [-0.1, -0.05) is 31.2 Å². The van der Waals surface area contributed by atoms with E-state index in [0.29, 0.717) is 0 Å². The van der Waals surface area contributed by atoms with Crippen LogP contribution < -0.4 is 0 Å². The van der Waals surface area contributed by atoms with Crippen LogP contribution in [0.1, 0.15) is 40.7 Å². The third-order valence-corrected chi connectivity index (χ3v) is 4.87. The number of phenols is 1. The molecule has 0 unspecified atom stereocenters. The first-order chi connectivity index (χ1) is 9.70. The molecule has 0 saturated heterocycles. The smallest absolute Gasteiger partial charge is 0.171 e. The lowest BCUT2D eigenvalue weighted by atomic mass is 9.86. The summed E-state index contributed by atoms with van der Waals surface area (Å²) in [5, 5.41) is 9.63. The molecule has 3 heteroatoms. The van der Waals surface area contributed by atoms with E-state index in [2.05, 4.69) is 12.1 Å². The quantitative estimate of drug-likeness (QED) is 0.844. The summed E-state index contributed by atoms with van der Waals surface area (Å²) in [6.45, 7) is 2.05. The Labute approximate surface area is 122 Å². The molecule has 0 saturated carbocycles. The number of Topliss-reactive ketones (excluding diaryl/α,β-unsaturated/α-hetero) is 1. The van der Waals surface area contributed by atoms with Crippen molar-refractivity contribution in [2.45, 2.75) is 29.9 Å². The van der Waals surface area contributed by atoms with Crippen LogP contribution in [0, 0.1) is 0 Å². The molecule has 1 aliphatic rings. The maximum atomic E-state index is 12.8. The number of hydrogen-bond donors (Lipinski definition) is 1. The first-order valence-electron chi connectivity index (χ1n) is 6.78. The second-order valence-electron chi connectivity index (χ2n) is 4.99. The van der Waals surface area contributed by atoms with Crippen LogP contribution in [0.15, 0.2) is 47.4 Å². The second kappa shape index (κ2) is 5.33. The van der Waals surface area contributed by atoms with Crippen molar-refractivity contribution in [3.05, 3.63) is 59.2 Å². The Morgan fingerprint density at radius 1 is 1.25 bits per heavy atom. The van der Waals surface area contributed by atoms with E-state index in [0.717, 1.165) is 28.2 Å². The Kier molecular flexibility index (Phi) is 3.53. The van der Waals surface area contributed by atoms with Gasteiger partial charge >= 0.3 is 0 Å². The zero-order valence-corrected chi connectivity index (χ0v) is 12.1. The first kappa shape index (κ1) is 13.3. The lowest BCUT2D eigenvalue weighted by Gasteiger charge is -2.22. The highest BCUT2D eigenvalue weighted by Crippen LogP contribution is 2.38. The van der Waals surface area contributed by atoms with E-state index in [1.165, 1.54) is 5.56 Å². The van der Waals surface area contributed by atoms with Crippen molar-refractivity contribution in [1.82, 2.24) is 0 Å². The molecule has 0 bridgehead atoms. The summed E-state index contributed by atoms with van der Waals surface area (Å²) in [7, 11) is 0. The minimum absolute atomic E-state index is 0.0876. The summed E-state index contributed by atoms with van der Waals surface area (Å²) in [6.07, 6.45) is 0.792. The van der Waals surface area contributed by atoms with Gasteiger partial charge in [-0.15, -0.1) is 11.8 Å². The highest BCUT2D eigenvalue weighted by Gasteiger charge is 2.27. The molecule has 1 aliphatic heterocycles. The summed E-state index contributed by atoms with van der Waals surface area (Å²) in [4.78, 5) is 13.7. The van der Waals surface area contributed by atoms with Gasteiger partial charge in [0.2, 0.25) is 0 Å². The van der Waals surface area contributed by atoms with Crippen LogP contribution in [0.4, 0.5) is 0 Å². The van der Waals surface area contributed by atoms with E-state index in [4.69, 9.17) is 0 Å². The van der Waals surface area contributed by atoms with Crippen molar-refractivity contribution < 1.29 is 9.90 Å². The number of phenolic OH excluding ortho intramolecular Hbond substituents is 1. The monoisotopic (exact) mass is 284 g/mol. The molecule has 0 radical (unpaired) electrons. The number of aromatic hydroxyl groups is 1. The van der Waals surface area contributed by atoms with Crippen LogP contribution in [0.2, 0.25) is 0 Å². The van der Waals surface area contributed by atoms with Crippen LogP contribution in [-0.2, 0) is 5.75 Å². The number of carbonyl (C=O) groups excluding carboxylic acids is 1. The van der Waals surface area contributed by atoms with E-state index in [9.17, 15) is 9.90 Å². The van der Waals surface area contributed by atoms with Crippen molar-refractivity contribution in [1.29, 1.82) is 0 Å². The van der Waals surface area contributed by atoms with Gasteiger partial charge in [-0.2, -0.15) is 0 Å². The van der Waals surface area contributed by atoms with Crippen molar-refractivity contribution in [2.75, 3.05) is 0 Å². The van der Waals surface area contributed by atoms with Crippen molar-refractivity contribution >= 4 is 17.5 Å². The lowest BCUT2D eigenvalue weighted by molar-refractivity contribution is 0.0954. The Bertz CT molecular complexity index is 664. The number of carbonyl (C=O) groups is 1. The van der Waals surface area contributed by atoms with Crippen LogP contribution in [0.25, 0.3) is 0 Å². The van der Waals surface area contributed by atoms with Gasteiger partial charge in [0, 0.05) is 22.1 Å². The summed E-state index contributed by atoms with van der Waals surface area (Å²) < 4.78 is 0. The largest absolute Gasteiger partial charge is 0.508 e. The number of thioether (sulfide) groups is 1. The minimum atomic E-state index is -0.0876. The van der Waals surface area contributed by atoms with E-state index >= 15 is 0 Å². The Morgan fingerprint density at radius 3 is 2.85 bits per heavy atom. The normalized spacial score (nSPS) is 17.9. The second-order valence-corrected chi connectivity index (χ2v) is 6.01. The molecule has 0 fully saturated rings. The molecule has 1 N–H and O–H groups in total. The van der Waals surface area contributed by atoms with E-state index in [-0.39, 0.29) is 17.5 Å². The third-order valence-electron chi connectivity index (χ3n) is 3.77. The molecule has 0 aliphatic carbocycles. The minimum Gasteiger partial charge on any atom is -0.508 e. The van der Waals surface area contributed by atoms with Gasteiger partial charge in [0.15, 0.2) is 5.78 Å². The highest BCUT2D eigenvalue weighted by atomic mass is 32.2. The van der Waals surface area contributed by atoms with Gasteiger partial charge in [0.1, 0.15) is 5.75 Å². The Balaban J connectivity index is 2.15. The average molecular weight is 284 g/mol. The van der Waals surface area contributed by atoms with Crippen molar-refractivity contribution in [2.24, 2.45) is 0 Å². The van der Waals surface area contributed by atoms with Crippen molar-refractivity contribution in [3.63, 3.8) is 0 Å². The number of rotatable bonds is 1. The molecule has 2 aromatic rings. The maximum absolute atomic E-state index is 12.8. The molecule has 20 heavy (non-hydrogen) atoms. The summed E-state index contributed by atoms with van der Waals surface area (Å²) in [5.41, 5.74) is 3.09. The Hall–Kier alpha value is -1.74. The number of hydrogen-bond acceptors (Lipinski definition) is 3. The van der Waals surface area contributed by atoms with Gasteiger partial charge < -0.3 is 5.11 Å². The molecular formula is C17H16O2S. The summed E-state index contributed by atoms with van der Waals surface area (Å²) in [6, 6.07) is 13.2. The topological polar surface area (TPSA) is 37.3 Å². The van der Waals surface area contributed by atoms with E-state index in [1.54, 1.807) is 30.0 Å². The highest BCUT2D eigenvalue weighted by molar-refractivity contribution is 7.98. The standard InChI is InChI=1S/C17H16O2S/c1-2-13-14-6-4-3-5-11(14)10-20-16-9-12(18)7-8-15(16)17(13)19/h3-9,13,18H,2,10H2,1H3/t13-/m1/s1. The molecule has 2 nitrogen and oxygen atoms in total. The number of benzene rings is 2. The molecule has 2 aromatic carbocycles. The molecule has 0 aromatic heterocycles. The fourth-order valence-electron chi connectivity index (χ4n) is 2.73. The van der Waals surface area contributed by atoms with Gasteiger partial charge in [-0.3, -0.25) is 4.79 Å². The number of fused-ring (bicyclic) bond motifs is 2. The summed E-state index contributed by atoms with van der Waals surface area (Å²) in [5.74, 6) is 1.11. The third kappa shape index (κ3) is 2.22. The fourth-order valence-corrected chi connectivity index (χ4v) is 3.83. The lowest BCUT2D eigenvalue weighted by Crippen LogP contribution is -2.16. The SMILES string of the molecule is CC[C@H]1C(=O)c2ccc(O)cc2SCc2ccccc21. The van der Waals surface area contributed by atoms with Gasteiger partial charge in [-0.25, -0.2) is 0 Å². The van der Waals surface area contributed by atoms with Crippen LogP contribution >= 0.6 is 11.8 Å². The van der Waals surface area contributed by atoms with E-state index < -0.39 is 0 Å². The molecule has 102 valence electrons. The zero-order valence-electron chi connectivity index (χ0n) is 11.3. The average Bonchev–Trinajstić information content (AvgIpc) is 2.45. The van der Waals surface area contributed by atoms with Gasteiger partial charge in [-0.05, 0) is 35.7 Å². The zero-order chi connectivity index (χ0) is 14.1. The van der Waals surface area contributed by atoms with E-state index in [1.807, 2.05) is 19.1 Å². The Morgan fingerprint density at radius 2 is 2.05 bits per heavy atom. The van der Waals surface area contributed by atoms with Gasteiger partial charge in [0.05, 0.1) is 0 Å². The van der Waals surface area contributed by atoms with Crippen LogP contribution in [-0.4, -0.2) is 10.9 Å². The van der Waals surface area contributed by atoms with Crippen molar-refractivity contribution in [3.8, 4) is 5.75 Å². The molecule has 1 atom stereocenters. The molecule has 0 spiro atoms. The molecular weight excluding hydrogens is 268 g/mol. The number of ketones is 1. The predicted octanol–water partition coefficient (Wildman–Crippen LogP) is 4.37. The summed E-state index contributed by atoms with van der Waals surface area (Å²) >= 11 is 1.62. The molecule has 3 rings (SSSR count). The van der Waals surface area contributed by atoms with Crippen LogP contribution in [0.5, 0.6) is 5.75 Å². The first-order valence-corrected chi connectivity index (χ1v) is 7.77. The molecule has 0 amide bonds. The van der Waals surface area contributed by atoms with Crippen LogP contribution in [0.3, 0.4) is 0 Å². The maximum Gasteiger partial charge on any atom is 0.171 e. The predicted molar refractivity (Wildman–Crippen MR) is 81.5 cm³/mol. The van der Waals surface area contributed by atoms with Gasteiger partial charge in [0.25, 0.3) is 0 Å².